The van der Waals surface area contributed by atoms with Gasteiger partial charge in [-0.3, -0.25) is 9.59 Å². The number of hydrogen-bond donors (Lipinski definition) is 1. The predicted molar refractivity (Wildman–Crippen MR) is 120 cm³/mol. The fourth-order valence-electron chi connectivity index (χ4n) is 3.36. The fraction of sp³-hybridized carbons (Fsp3) is 0.364. The Bertz CT molecular complexity index is 817. The van der Waals surface area contributed by atoms with Crippen LogP contribution < -0.4 is 10.2 Å². The number of nitrogens with one attached hydrogen (secondary N) is 1. The van der Waals surface area contributed by atoms with Crippen LogP contribution in [0.2, 0.25) is 0 Å². The summed E-state index contributed by atoms with van der Waals surface area (Å²) in [6, 6.07) is 15.8. The lowest BCUT2D eigenvalue weighted by Gasteiger charge is -2.29. The molecule has 2 amide bonds. The first-order valence-corrected chi connectivity index (χ1v) is 10.7. The van der Waals surface area contributed by atoms with Crippen LogP contribution in [0.25, 0.3) is 0 Å². The van der Waals surface area contributed by atoms with Gasteiger partial charge in [0.05, 0.1) is 12.1 Å². The highest BCUT2D eigenvalue weighted by Crippen LogP contribution is 2.20. The third-order valence-electron chi connectivity index (χ3n) is 5.02. The maximum atomic E-state index is 12.4. The Morgan fingerprint density at radius 1 is 1.04 bits per heavy atom. The summed E-state index contributed by atoms with van der Waals surface area (Å²) in [4.78, 5) is 28.7. The molecule has 3 rings (SSSR count). The van der Waals surface area contributed by atoms with Crippen molar-refractivity contribution < 1.29 is 9.59 Å². The SMILES string of the molecule is CN(Cc1ccc(N2CCCCC2)cc1)C(=O)CNC(=O)c1ccccc1I. The molecule has 0 unspecified atom stereocenters. The third-order valence-corrected chi connectivity index (χ3v) is 5.96. The normalized spacial score (nSPS) is 13.9. The monoisotopic (exact) mass is 491 g/mol. The second-order valence-electron chi connectivity index (χ2n) is 7.13. The molecule has 0 bridgehead atoms. The highest BCUT2D eigenvalue weighted by Gasteiger charge is 2.14. The number of halogens is 1. The lowest BCUT2D eigenvalue weighted by Crippen LogP contribution is -2.38. The van der Waals surface area contributed by atoms with Crippen molar-refractivity contribution in [2.24, 2.45) is 0 Å². The van der Waals surface area contributed by atoms with Crippen molar-refractivity contribution in [3.63, 3.8) is 0 Å². The van der Waals surface area contributed by atoms with Gasteiger partial charge in [0.15, 0.2) is 0 Å². The molecule has 0 aliphatic carbocycles. The Morgan fingerprint density at radius 3 is 2.39 bits per heavy atom. The summed E-state index contributed by atoms with van der Waals surface area (Å²) in [6.07, 6.45) is 3.83. The molecule has 2 aromatic rings. The zero-order valence-electron chi connectivity index (χ0n) is 16.2. The minimum Gasteiger partial charge on any atom is -0.372 e. The van der Waals surface area contributed by atoms with Gasteiger partial charge in [-0.25, -0.2) is 0 Å². The molecular formula is C22H26IN3O2. The number of benzene rings is 2. The summed E-state index contributed by atoms with van der Waals surface area (Å²) >= 11 is 2.12. The zero-order valence-corrected chi connectivity index (χ0v) is 18.3. The van der Waals surface area contributed by atoms with E-state index in [1.165, 1.54) is 24.9 Å². The number of likely N-dealkylation sites (N-methyl/N-ethyl adjacent to an activating group) is 1. The van der Waals surface area contributed by atoms with E-state index in [1.54, 1.807) is 18.0 Å². The van der Waals surface area contributed by atoms with E-state index in [4.69, 9.17) is 0 Å². The van der Waals surface area contributed by atoms with Crippen molar-refractivity contribution in [3.8, 4) is 0 Å². The highest BCUT2D eigenvalue weighted by molar-refractivity contribution is 14.1. The number of carbonyl (C=O) groups is 2. The van der Waals surface area contributed by atoms with Crippen molar-refractivity contribution in [1.82, 2.24) is 10.2 Å². The number of rotatable bonds is 6. The molecule has 0 atom stereocenters. The van der Waals surface area contributed by atoms with Crippen molar-refractivity contribution in [1.29, 1.82) is 0 Å². The standard InChI is InChI=1S/C22H26IN3O2/c1-25(21(27)15-24-22(28)19-7-3-4-8-20(19)23)16-17-9-11-18(12-10-17)26-13-5-2-6-14-26/h3-4,7-12H,2,5-6,13-16H2,1H3,(H,24,28). The van der Waals surface area contributed by atoms with Crippen LogP contribution in [-0.2, 0) is 11.3 Å². The van der Waals surface area contributed by atoms with Gasteiger partial charge >= 0.3 is 0 Å². The molecular weight excluding hydrogens is 465 g/mol. The van der Waals surface area contributed by atoms with Crippen molar-refractivity contribution in [2.45, 2.75) is 25.8 Å². The van der Waals surface area contributed by atoms with Crippen LogP contribution in [0, 0.1) is 3.57 Å². The number of amides is 2. The van der Waals surface area contributed by atoms with Gasteiger partial charge in [-0.15, -0.1) is 0 Å². The Kier molecular flexibility index (Phi) is 7.30. The number of anilines is 1. The minimum absolute atomic E-state index is 0.00777. The topological polar surface area (TPSA) is 52.6 Å². The fourth-order valence-corrected chi connectivity index (χ4v) is 3.99. The van der Waals surface area contributed by atoms with Gasteiger partial charge in [0.2, 0.25) is 5.91 Å². The van der Waals surface area contributed by atoms with Gasteiger partial charge in [-0.1, -0.05) is 24.3 Å². The van der Waals surface area contributed by atoms with Gasteiger partial charge in [0.1, 0.15) is 0 Å². The average Bonchev–Trinajstić information content (AvgIpc) is 2.73. The maximum absolute atomic E-state index is 12.4. The first-order valence-electron chi connectivity index (χ1n) is 9.65. The van der Waals surface area contributed by atoms with Gasteiger partial charge in [-0.05, 0) is 71.7 Å². The van der Waals surface area contributed by atoms with Crippen LogP contribution in [-0.4, -0.2) is 43.4 Å². The quantitative estimate of drug-likeness (QED) is 0.628. The minimum atomic E-state index is -0.224. The molecule has 148 valence electrons. The van der Waals surface area contributed by atoms with Gasteiger partial charge < -0.3 is 15.1 Å². The third kappa shape index (κ3) is 5.47. The van der Waals surface area contributed by atoms with E-state index in [0.717, 1.165) is 22.2 Å². The predicted octanol–water partition coefficient (Wildman–Crippen LogP) is 3.67. The van der Waals surface area contributed by atoms with Crippen LogP contribution in [0.3, 0.4) is 0 Å². The van der Waals surface area contributed by atoms with Gasteiger partial charge in [-0.2, -0.15) is 0 Å². The largest absolute Gasteiger partial charge is 0.372 e. The van der Waals surface area contributed by atoms with E-state index in [-0.39, 0.29) is 18.4 Å². The van der Waals surface area contributed by atoms with Gasteiger partial charge in [0, 0.05) is 35.9 Å². The molecule has 1 aliphatic rings. The van der Waals surface area contributed by atoms with Crippen molar-refractivity contribution >= 4 is 40.1 Å². The summed E-state index contributed by atoms with van der Waals surface area (Å²) < 4.78 is 0.868. The lowest BCUT2D eigenvalue weighted by atomic mass is 10.1. The Morgan fingerprint density at radius 2 is 1.71 bits per heavy atom. The smallest absolute Gasteiger partial charge is 0.252 e. The zero-order chi connectivity index (χ0) is 19.9. The summed E-state index contributed by atoms with van der Waals surface area (Å²) in [6.45, 7) is 2.76. The maximum Gasteiger partial charge on any atom is 0.252 e. The Balaban J connectivity index is 1.49. The Labute approximate surface area is 180 Å². The first-order chi connectivity index (χ1) is 13.5. The second kappa shape index (κ2) is 9.91. The van der Waals surface area contributed by atoms with Crippen molar-refractivity contribution in [2.75, 3.05) is 31.6 Å². The number of piperidine rings is 1. The van der Waals surface area contributed by atoms with E-state index in [0.29, 0.717) is 12.1 Å². The summed E-state index contributed by atoms with van der Waals surface area (Å²) in [5.74, 6) is -0.336. The van der Waals surface area contributed by atoms with Crippen LogP contribution >= 0.6 is 22.6 Å². The number of nitrogens with zero attached hydrogens (tertiary/aromatic N) is 2. The molecule has 5 nitrogen and oxygen atoms in total. The molecule has 2 aromatic carbocycles. The van der Waals surface area contributed by atoms with E-state index >= 15 is 0 Å². The van der Waals surface area contributed by atoms with Crippen LogP contribution in [0.1, 0.15) is 35.2 Å². The van der Waals surface area contributed by atoms with Crippen LogP contribution in [0.15, 0.2) is 48.5 Å². The number of carbonyl (C=O) groups excluding carboxylic acids is 2. The molecule has 1 N–H and O–H groups in total. The molecule has 0 aromatic heterocycles. The average molecular weight is 491 g/mol. The van der Waals surface area contributed by atoms with E-state index in [9.17, 15) is 9.59 Å². The molecule has 0 spiro atoms. The van der Waals surface area contributed by atoms with E-state index in [2.05, 4.69) is 57.1 Å². The molecule has 1 saturated heterocycles. The van der Waals surface area contributed by atoms with E-state index in [1.807, 2.05) is 18.2 Å². The molecule has 1 heterocycles. The van der Waals surface area contributed by atoms with Gasteiger partial charge in [0.25, 0.3) is 5.91 Å². The first kappa shape index (κ1) is 20.6. The molecule has 6 heteroatoms. The van der Waals surface area contributed by atoms with E-state index < -0.39 is 0 Å². The molecule has 28 heavy (non-hydrogen) atoms. The summed E-state index contributed by atoms with van der Waals surface area (Å²) in [5.41, 5.74) is 2.93. The summed E-state index contributed by atoms with van der Waals surface area (Å²) in [7, 11) is 1.76. The second-order valence-corrected chi connectivity index (χ2v) is 8.29. The molecule has 1 fully saturated rings. The highest BCUT2D eigenvalue weighted by atomic mass is 127. The number of hydrogen-bond acceptors (Lipinski definition) is 3. The molecule has 1 aliphatic heterocycles. The van der Waals surface area contributed by atoms with Crippen LogP contribution in [0.4, 0.5) is 5.69 Å². The van der Waals surface area contributed by atoms with Crippen LogP contribution in [0.5, 0.6) is 0 Å². The molecule has 0 saturated carbocycles. The summed E-state index contributed by atoms with van der Waals surface area (Å²) in [5, 5.41) is 2.72. The Hall–Kier alpha value is -2.09. The molecule has 0 radical (unpaired) electrons. The lowest BCUT2D eigenvalue weighted by molar-refractivity contribution is -0.129. The van der Waals surface area contributed by atoms with Crippen molar-refractivity contribution in [3.05, 3.63) is 63.2 Å².